The average molecular weight is 346 g/mol. The van der Waals surface area contributed by atoms with E-state index in [9.17, 15) is 9.59 Å². The van der Waals surface area contributed by atoms with E-state index in [1.807, 2.05) is 19.2 Å². The molecule has 25 heavy (non-hydrogen) atoms. The Balaban J connectivity index is 1.56. The molecule has 136 valence electrons. The molecule has 2 unspecified atom stereocenters. The van der Waals surface area contributed by atoms with Crippen molar-refractivity contribution in [3.05, 3.63) is 29.8 Å². The highest BCUT2D eigenvalue weighted by molar-refractivity contribution is 5.97. The molecule has 2 amide bonds. The molecule has 2 heterocycles. The van der Waals surface area contributed by atoms with Crippen LogP contribution in [0.5, 0.6) is 0 Å². The van der Waals surface area contributed by atoms with Crippen molar-refractivity contribution in [2.45, 2.75) is 31.3 Å². The third kappa shape index (κ3) is 4.18. The zero-order chi connectivity index (χ0) is 17.8. The lowest BCUT2D eigenvalue weighted by molar-refractivity contribution is -0.117. The number of nitrogens with one attached hydrogen (secondary N) is 2. The van der Waals surface area contributed by atoms with Crippen LogP contribution in [0.15, 0.2) is 24.3 Å². The number of methoxy groups -OCH3 is 1. The van der Waals surface area contributed by atoms with Gasteiger partial charge in [-0.15, -0.1) is 0 Å². The van der Waals surface area contributed by atoms with E-state index < -0.39 is 0 Å². The highest BCUT2D eigenvalue weighted by Gasteiger charge is 2.26. The van der Waals surface area contributed by atoms with Gasteiger partial charge in [-0.1, -0.05) is 0 Å². The van der Waals surface area contributed by atoms with Gasteiger partial charge in [-0.05, 0) is 37.1 Å². The summed E-state index contributed by atoms with van der Waals surface area (Å²) in [4.78, 5) is 27.9. The Morgan fingerprint density at radius 3 is 2.64 bits per heavy atom. The lowest BCUT2D eigenvalue weighted by atomic mass is 10.1. The predicted octanol–water partition coefficient (Wildman–Crippen LogP) is 0.767. The number of hydrogen-bond donors (Lipinski definition) is 2. The first kappa shape index (κ1) is 17.8. The summed E-state index contributed by atoms with van der Waals surface area (Å²) in [6, 6.07) is 7.79. The minimum Gasteiger partial charge on any atom is -0.383 e. The van der Waals surface area contributed by atoms with Crippen LogP contribution in [0.25, 0.3) is 0 Å². The zero-order valence-corrected chi connectivity index (χ0v) is 14.8. The highest BCUT2D eigenvalue weighted by Crippen LogP contribution is 2.22. The third-order valence-corrected chi connectivity index (χ3v) is 4.77. The van der Waals surface area contributed by atoms with Crippen LogP contribution >= 0.6 is 0 Å². The summed E-state index contributed by atoms with van der Waals surface area (Å²) < 4.78 is 5.15. The molecule has 2 atom stereocenters. The van der Waals surface area contributed by atoms with Crippen molar-refractivity contribution in [2.24, 2.45) is 0 Å². The van der Waals surface area contributed by atoms with Crippen LogP contribution in [0, 0.1) is 0 Å². The van der Waals surface area contributed by atoms with Crippen LogP contribution < -0.4 is 15.8 Å². The van der Waals surface area contributed by atoms with Crippen molar-refractivity contribution in [2.75, 3.05) is 38.8 Å². The summed E-state index contributed by atoms with van der Waals surface area (Å²) in [5.41, 5.74) is 7.90. The molecule has 0 bridgehead atoms. The predicted molar refractivity (Wildman–Crippen MR) is 95.3 cm³/mol. The van der Waals surface area contributed by atoms with E-state index in [-0.39, 0.29) is 23.9 Å². The first-order valence-electron chi connectivity index (χ1n) is 8.74. The Morgan fingerprint density at radius 2 is 2.00 bits per heavy atom. The molecule has 2 aliphatic rings. The minimum absolute atomic E-state index is 0.0173. The largest absolute Gasteiger partial charge is 0.383 e. The van der Waals surface area contributed by atoms with Crippen molar-refractivity contribution >= 4 is 17.5 Å². The molecule has 3 rings (SSSR count). The van der Waals surface area contributed by atoms with Crippen LogP contribution in [0.4, 0.5) is 5.69 Å². The lowest BCUT2D eigenvalue weighted by Gasteiger charge is -2.22. The van der Waals surface area contributed by atoms with Gasteiger partial charge in [0.2, 0.25) is 5.91 Å². The van der Waals surface area contributed by atoms with Crippen LogP contribution in [0.2, 0.25) is 0 Å². The summed E-state index contributed by atoms with van der Waals surface area (Å²) in [6.07, 6.45) is 2.42. The molecule has 2 N–H and O–H groups in total. The Kier molecular flexibility index (Phi) is 5.67. The maximum atomic E-state index is 12.6. The number of anilines is 1. The van der Waals surface area contributed by atoms with E-state index in [1.54, 1.807) is 29.0 Å². The van der Waals surface area contributed by atoms with Gasteiger partial charge in [0.15, 0.2) is 0 Å². The number of rotatable bonds is 6. The normalized spacial score (nSPS) is 23.3. The van der Waals surface area contributed by atoms with Crippen LogP contribution in [-0.2, 0) is 9.53 Å². The molecule has 0 spiro atoms. The van der Waals surface area contributed by atoms with Gasteiger partial charge in [0.05, 0.1) is 6.61 Å². The smallest absolute Gasteiger partial charge is 0.253 e. The monoisotopic (exact) mass is 346 g/mol. The van der Waals surface area contributed by atoms with Crippen molar-refractivity contribution in [3.8, 4) is 0 Å². The van der Waals surface area contributed by atoms with E-state index >= 15 is 0 Å². The topological polar surface area (TPSA) is 73.9 Å². The number of ether oxygens (including phenoxy) is 1. The molecule has 1 aromatic rings. The van der Waals surface area contributed by atoms with Crippen LogP contribution in [0.1, 0.15) is 29.6 Å². The van der Waals surface area contributed by atoms with Gasteiger partial charge in [-0.3, -0.25) is 20.4 Å². The number of nitrogens with zero attached hydrogens (tertiary/aromatic N) is 2. The molecular formula is C18H26N4O3. The molecule has 7 nitrogen and oxygen atoms in total. The van der Waals surface area contributed by atoms with Gasteiger partial charge in [0, 0.05) is 57.0 Å². The molecule has 0 aliphatic carbocycles. The first-order chi connectivity index (χ1) is 12.1. The Bertz CT molecular complexity index is 619. The second-order valence-corrected chi connectivity index (χ2v) is 6.76. The number of hydrazine groups is 1. The second kappa shape index (κ2) is 7.95. The van der Waals surface area contributed by atoms with Gasteiger partial charge in [-0.25, -0.2) is 0 Å². The van der Waals surface area contributed by atoms with Crippen molar-refractivity contribution in [3.63, 3.8) is 0 Å². The van der Waals surface area contributed by atoms with Gasteiger partial charge in [0.1, 0.15) is 0 Å². The molecule has 2 saturated heterocycles. The number of likely N-dealkylation sites (N-methyl/N-ethyl adjacent to an activating group) is 1. The first-order valence-corrected chi connectivity index (χ1v) is 8.74. The molecule has 0 saturated carbocycles. The van der Waals surface area contributed by atoms with E-state index in [1.165, 1.54) is 0 Å². The summed E-state index contributed by atoms with van der Waals surface area (Å²) in [5, 5.41) is 0. The molecule has 0 radical (unpaired) electrons. The second-order valence-electron chi connectivity index (χ2n) is 6.76. The van der Waals surface area contributed by atoms with Crippen molar-refractivity contribution in [1.29, 1.82) is 0 Å². The van der Waals surface area contributed by atoms with Gasteiger partial charge in [0.25, 0.3) is 5.91 Å². The fourth-order valence-corrected chi connectivity index (χ4v) is 3.47. The fraction of sp³-hybridized carbons (Fsp3) is 0.556. The molecule has 1 aromatic carbocycles. The molecule has 0 aromatic heterocycles. The van der Waals surface area contributed by atoms with E-state index in [0.717, 1.165) is 25.1 Å². The maximum Gasteiger partial charge on any atom is 0.253 e. The molecule has 2 aliphatic heterocycles. The Morgan fingerprint density at radius 1 is 1.28 bits per heavy atom. The van der Waals surface area contributed by atoms with Crippen molar-refractivity contribution < 1.29 is 14.3 Å². The maximum absolute atomic E-state index is 12.6. The Labute approximate surface area is 148 Å². The van der Waals surface area contributed by atoms with Gasteiger partial charge in [-0.2, -0.15) is 0 Å². The molecule has 2 fully saturated rings. The molecular weight excluding hydrogens is 320 g/mol. The SMILES string of the molecule is COCC1CC(CN(C)C(=O)c2ccc(N3CCCC3=O)cc2)NN1. The van der Waals surface area contributed by atoms with E-state index in [2.05, 4.69) is 10.9 Å². The number of carbonyl (C=O) groups is 2. The van der Waals surface area contributed by atoms with Crippen LogP contribution in [0.3, 0.4) is 0 Å². The van der Waals surface area contributed by atoms with E-state index in [4.69, 9.17) is 4.74 Å². The molecule has 7 heteroatoms. The summed E-state index contributed by atoms with van der Waals surface area (Å²) in [5.74, 6) is 0.137. The standard InChI is InChI=1S/C18H26N4O3/c1-21(11-14-10-15(12-25-2)20-19-14)18(24)13-5-7-16(8-6-13)22-9-3-4-17(22)23/h5-8,14-15,19-20H,3-4,9-12H2,1-2H3. The summed E-state index contributed by atoms with van der Waals surface area (Å²) in [7, 11) is 3.50. The summed E-state index contributed by atoms with van der Waals surface area (Å²) in [6.45, 7) is 2.03. The zero-order valence-electron chi connectivity index (χ0n) is 14.8. The Hall–Kier alpha value is -1.96. The fourth-order valence-electron chi connectivity index (χ4n) is 3.47. The van der Waals surface area contributed by atoms with Gasteiger partial charge >= 0.3 is 0 Å². The highest BCUT2D eigenvalue weighted by atomic mass is 16.5. The number of amides is 2. The van der Waals surface area contributed by atoms with Crippen molar-refractivity contribution in [1.82, 2.24) is 15.8 Å². The number of hydrogen-bond acceptors (Lipinski definition) is 5. The summed E-state index contributed by atoms with van der Waals surface area (Å²) >= 11 is 0. The quantitative estimate of drug-likeness (QED) is 0.796. The van der Waals surface area contributed by atoms with E-state index in [0.29, 0.717) is 25.1 Å². The lowest BCUT2D eigenvalue weighted by Crippen LogP contribution is -2.41. The van der Waals surface area contributed by atoms with Crippen LogP contribution in [-0.4, -0.2) is 62.7 Å². The number of benzene rings is 1. The van der Waals surface area contributed by atoms with Gasteiger partial charge < -0.3 is 14.5 Å². The number of carbonyl (C=O) groups excluding carboxylic acids is 2. The average Bonchev–Trinajstić information content (AvgIpc) is 3.23. The third-order valence-electron chi connectivity index (χ3n) is 4.77. The minimum atomic E-state index is -0.0173.